The molecule has 0 aromatic heterocycles. The molecule has 2 aromatic carbocycles. The van der Waals surface area contributed by atoms with Crippen LogP contribution in [0.5, 0.6) is 11.5 Å². The Bertz CT molecular complexity index is 930. The van der Waals surface area contributed by atoms with Gasteiger partial charge < -0.3 is 19.7 Å². The van der Waals surface area contributed by atoms with E-state index in [0.717, 1.165) is 37.1 Å². The highest BCUT2D eigenvalue weighted by atomic mass is 16.5. The number of aryl methyl sites for hydroxylation is 1. The van der Waals surface area contributed by atoms with Gasteiger partial charge in [-0.05, 0) is 55.7 Å². The second-order valence-electron chi connectivity index (χ2n) is 6.93. The monoisotopic (exact) mass is 394 g/mol. The number of likely N-dealkylation sites (tertiary alicyclic amines) is 1. The molecule has 1 heterocycles. The van der Waals surface area contributed by atoms with Gasteiger partial charge in [-0.3, -0.25) is 9.59 Å². The largest absolute Gasteiger partial charge is 0.497 e. The van der Waals surface area contributed by atoms with Crippen LogP contribution in [0.4, 0.5) is 5.69 Å². The Labute approximate surface area is 171 Å². The van der Waals surface area contributed by atoms with Gasteiger partial charge in [0.1, 0.15) is 11.5 Å². The lowest BCUT2D eigenvalue weighted by Gasteiger charge is -2.19. The summed E-state index contributed by atoms with van der Waals surface area (Å²) in [6.45, 7) is 3.40. The van der Waals surface area contributed by atoms with Crippen molar-refractivity contribution in [3.05, 3.63) is 59.2 Å². The summed E-state index contributed by atoms with van der Waals surface area (Å²) in [6.07, 6.45) is 5.12. The Kier molecular flexibility index (Phi) is 6.54. The number of nitrogens with one attached hydrogen (secondary N) is 1. The number of carbonyl (C=O) groups is 2. The smallest absolute Gasteiger partial charge is 0.256 e. The van der Waals surface area contributed by atoms with Crippen LogP contribution in [0.3, 0.4) is 0 Å². The van der Waals surface area contributed by atoms with Crippen LogP contribution in [-0.2, 0) is 4.79 Å². The summed E-state index contributed by atoms with van der Waals surface area (Å²) in [5, 5.41) is 2.85. The van der Waals surface area contributed by atoms with Gasteiger partial charge in [-0.1, -0.05) is 12.1 Å². The minimum Gasteiger partial charge on any atom is -0.497 e. The highest BCUT2D eigenvalue weighted by Gasteiger charge is 2.23. The van der Waals surface area contributed by atoms with Crippen molar-refractivity contribution in [2.45, 2.75) is 19.8 Å². The van der Waals surface area contributed by atoms with E-state index in [0.29, 0.717) is 22.7 Å². The lowest BCUT2D eigenvalue weighted by Crippen LogP contribution is -2.29. The van der Waals surface area contributed by atoms with Crippen molar-refractivity contribution in [1.82, 2.24) is 4.90 Å². The van der Waals surface area contributed by atoms with Gasteiger partial charge >= 0.3 is 0 Å². The first-order valence-corrected chi connectivity index (χ1v) is 9.63. The number of anilines is 1. The van der Waals surface area contributed by atoms with Crippen LogP contribution in [0.15, 0.2) is 42.5 Å². The lowest BCUT2D eigenvalue weighted by atomic mass is 10.0. The van der Waals surface area contributed by atoms with Crippen molar-refractivity contribution in [2.24, 2.45) is 0 Å². The van der Waals surface area contributed by atoms with Gasteiger partial charge in [-0.25, -0.2) is 0 Å². The molecule has 2 amide bonds. The van der Waals surface area contributed by atoms with Crippen LogP contribution >= 0.6 is 0 Å². The van der Waals surface area contributed by atoms with Crippen molar-refractivity contribution >= 4 is 23.6 Å². The predicted molar refractivity (Wildman–Crippen MR) is 114 cm³/mol. The molecule has 29 heavy (non-hydrogen) atoms. The summed E-state index contributed by atoms with van der Waals surface area (Å²) in [4.78, 5) is 27.3. The zero-order chi connectivity index (χ0) is 20.8. The van der Waals surface area contributed by atoms with Gasteiger partial charge in [0, 0.05) is 24.7 Å². The van der Waals surface area contributed by atoms with Crippen molar-refractivity contribution in [3.63, 3.8) is 0 Å². The minimum atomic E-state index is -0.323. The minimum absolute atomic E-state index is 0.0330. The van der Waals surface area contributed by atoms with Crippen LogP contribution in [0.25, 0.3) is 6.08 Å². The fourth-order valence-electron chi connectivity index (χ4n) is 3.44. The van der Waals surface area contributed by atoms with Gasteiger partial charge in [0.15, 0.2) is 0 Å². The van der Waals surface area contributed by atoms with E-state index in [1.165, 1.54) is 6.08 Å². The molecule has 6 nitrogen and oxygen atoms in total. The maximum absolute atomic E-state index is 12.9. The summed E-state index contributed by atoms with van der Waals surface area (Å²) >= 11 is 0. The molecule has 0 aliphatic carbocycles. The third kappa shape index (κ3) is 4.77. The molecule has 3 rings (SSSR count). The van der Waals surface area contributed by atoms with Gasteiger partial charge in [-0.2, -0.15) is 0 Å². The van der Waals surface area contributed by atoms with Gasteiger partial charge in [-0.15, -0.1) is 0 Å². The molecular formula is C23H26N2O4. The Morgan fingerprint density at radius 3 is 2.52 bits per heavy atom. The Morgan fingerprint density at radius 2 is 1.83 bits per heavy atom. The summed E-state index contributed by atoms with van der Waals surface area (Å²) in [7, 11) is 3.15. The Balaban J connectivity index is 1.80. The van der Waals surface area contributed by atoms with Crippen LogP contribution in [0, 0.1) is 6.92 Å². The molecule has 1 N–H and O–H groups in total. The molecule has 0 bridgehead atoms. The number of rotatable bonds is 6. The Morgan fingerprint density at radius 1 is 1.07 bits per heavy atom. The molecule has 2 aromatic rings. The number of carbonyl (C=O) groups excluding carboxylic acids is 2. The van der Waals surface area contributed by atoms with Crippen LogP contribution in [0.1, 0.15) is 34.3 Å². The van der Waals surface area contributed by atoms with E-state index in [4.69, 9.17) is 9.47 Å². The number of amides is 2. The SMILES string of the molecule is COc1ccc(OC)c(C=CC(=O)Nc2cccc(C)c2C(=O)N2CCCC2)c1. The lowest BCUT2D eigenvalue weighted by molar-refractivity contribution is -0.111. The first-order chi connectivity index (χ1) is 14.0. The number of hydrogen-bond donors (Lipinski definition) is 1. The first-order valence-electron chi connectivity index (χ1n) is 9.63. The fraction of sp³-hybridized carbons (Fsp3) is 0.304. The number of ether oxygens (including phenoxy) is 2. The summed E-state index contributed by atoms with van der Waals surface area (Å²) in [5.74, 6) is 0.948. The van der Waals surface area contributed by atoms with Crippen molar-refractivity contribution in [2.75, 3.05) is 32.6 Å². The van der Waals surface area contributed by atoms with E-state index in [1.807, 2.05) is 24.0 Å². The zero-order valence-electron chi connectivity index (χ0n) is 17.0. The van der Waals surface area contributed by atoms with E-state index in [2.05, 4.69) is 5.32 Å². The predicted octanol–water partition coefficient (Wildman–Crippen LogP) is 3.90. The van der Waals surface area contributed by atoms with E-state index in [9.17, 15) is 9.59 Å². The number of nitrogens with zero attached hydrogens (tertiary/aromatic N) is 1. The first kappa shape index (κ1) is 20.5. The molecule has 6 heteroatoms. The maximum Gasteiger partial charge on any atom is 0.256 e. The average Bonchev–Trinajstić information content (AvgIpc) is 3.26. The maximum atomic E-state index is 12.9. The summed E-state index contributed by atoms with van der Waals surface area (Å²) < 4.78 is 10.6. The topological polar surface area (TPSA) is 67.9 Å². The zero-order valence-corrected chi connectivity index (χ0v) is 17.0. The van der Waals surface area contributed by atoms with E-state index in [1.54, 1.807) is 44.6 Å². The highest BCUT2D eigenvalue weighted by molar-refractivity contribution is 6.08. The van der Waals surface area contributed by atoms with Crippen molar-refractivity contribution in [3.8, 4) is 11.5 Å². The third-order valence-corrected chi connectivity index (χ3v) is 4.99. The van der Waals surface area contributed by atoms with Gasteiger partial charge in [0.25, 0.3) is 5.91 Å². The Hall–Kier alpha value is -3.28. The second-order valence-corrected chi connectivity index (χ2v) is 6.93. The van der Waals surface area contributed by atoms with E-state index >= 15 is 0 Å². The average molecular weight is 394 g/mol. The molecule has 1 aliphatic heterocycles. The van der Waals surface area contributed by atoms with E-state index < -0.39 is 0 Å². The third-order valence-electron chi connectivity index (χ3n) is 4.99. The van der Waals surface area contributed by atoms with Crippen molar-refractivity contribution in [1.29, 1.82) is 0 Å². The molecule has 152 valence electrons. The number of hydrogen-bond acceptors (Lipinski definition) is 4. The van der Waals surface area contributed by atoms with Crippen LogP contribution in [0.2, 0.25) is 0 Å². The molecule has 1 aliphatic rings. The summed E-state index contributed by atoms with van der Waals surface area (Å²) in [5.41, 5.74) is 2.64. The molecule has 1 fully saturated rings. The molecule has 0 radical (unpaired) electrons. The second kappa shape index (κ2) is 9.28. The van der Waals surface area contributed by atoms with Crippen LogP contribution < -0.4 is 14.8 Å². The normalized spacial score (nSPS) is 13.6. The molecule has 0 saturated carbocycles. The van der Waals surface area contributed by atoms with Crippen molar-refractivity contribution < 1.29 is 19.1 Å². The summed E-state index contributed by atoms with van der Waals surface area (Å²) in [6, 6.07) is 10.8. The standard InChI is InChI=1S/C23H26N2O4/c1-16-7-6-8-19(22(16)23(27)25-13-4-5-14-25)24-21(26)12-9-17-15-18(28-2)10-11-20(17)29-3/h6-12,15H,4-5,13-14H2,1-3H3,(H,24,26). The number of benzene rings is 2. The number of methoxy groups -OCH3 is 2. The molecule has 0 spiro atoms. The quantitative estimate of drug-likeness (QED) is 0.755. The molecule has 0 unspecified atom stereocenters. The highest BCUT2D eigenvalue weighted by Crippen LogP contribution is 2.26. The van der Waals surface area contributed by atoms with Crippen LogP contribution in [-0.4, -0.2) is 44.0 Å². The van der Waals surface area contributed by atoms with Gasteiger partial charge in [0.2, 0.25) is 5.91 Å². The van der Waals surface area contributed by atoms with Gasteiger partial charge in [0.05, 0.1) is 25.5 Å². The van der Waals surface area contributed by atoms with E-state index in [-0.39, 0.29) is 11.8 Å². The molecule has 0 atom stereocenters. The molecule has 1 saturated heterocycles. The fourth-order valence-corrected chi connectivity index (χ4v) is 3.44. The molecular weight excluding hydrogens is 368 g/mol.